The number of ether oxygens (including phenoxy) is 1. The summed E-state index contributed by atoms with van der Waals surface area (Å²) in [7, 11) is -1.98. The Bertz CT molecular complexity index is 837. The van der Waals surface area contributed by atoms with Crippen LogP contribution in [0.2, 0.25) is 0 Å². The molecule has 1 heterocycles. The fourth-order valence-corrected chi connectivity index (χ4v) is 3.99. The van der Waals surface area contributed by atoms with Crippen LogP contribution in [0.4, 0.5) is 0 Å². The molecule has 0 bridgehead atoms. The topological polar surface area (TPSA) is 86.5 Å². The van der Waals surface area contributed by atoms with Crippen LogP contribution in [-0.4, -0.2) is 32.0 Å². The molecule has 6 nitrogen and oxygen atoms in total. The van der Waals surface area contributed by atoms with E-state index in [1.54, 1.807) is 38.3 Å². The number of unbranched alkanes of at least 4 members (excludes halogenated alkanes) is 2. The maximum atomic E-state index is 12.3. The van der Waals surface area contributed by atoms with Gasteiger partial charge in [-0.2, -0.15) is 0 Å². The third-order valence-electron chi connectivity index (χ3n) is 4.03. The Morgan fingerprint density at radius 2 is 1.88 bits per heavy atom. The van der Waals surface area contributed by atoms with E-state index in [0.29, 0.717) is 29.5 Å². The highest BCUT2D eigenvalue weighted by Gasteiger charge is 2.22. The summed E-state index contributed by atoms with van der Waals surface area (Å²) in [5.41, 5.74) is 1.07. The lowest BCUT2D eigenvalue weighted by Gasteiger charge is -2.02. The van der Waals surface area contributed by atoms with Crippen molar-refractivity contribution in [2.24, 2.45) is 0 Å². The Kier molecular flexibility index (Phi) is 6.97. The second-order valence-electron chi connectivity index (χ2n) is 6.28. The molecule has 2 rings (SSSR count). The SMILES string of the molecule is CCCCCC(=O)CS(=O)(=O)Cc1nc(-c2ccc(OC)cc2)oc1C. The first-order chi connectivity index (χ1) is 12.3. The van der Waals surface area contributed by atoms with Crippen molar-refractivity contribution >= 4 is 15.6 Å². The zero-order valence-electron chi connectivity index (χ0n) is 15.4. The molecular formula is C19H25NO5S. The summed E-state index contributed by atoms with van der Waals surface area (Å²) in [5, 5.41) is 0. The van der Waals surface area contributed by atoms with Gasteiger partial charge < -0.3 is 9.15 Å². The molecule has 0 aliphatic heterocycles. The largest absolute Gasteiger partial charge is 0.497 e. The fourth-order valence-electron chi connectivity index (χ4n) is 2.57. The quantitative estimate of drug-likeness (QED) is 0.585. The Morgan fingerprint density at radius 3 is 2.50 bits per heavy atom. The standard InChI is InChI=1S/C19H25NO5S/c1-4-5-6-7-16(21)12-26(22,23)13-18-14(2)25-19(20-18)15-8-10-17(24-3)11-9-15/h8-11H,4-7,12-13H2,1-3H3. The van der Waals surface area contributed by atoms with E-state index in [0.717, 1.165) is 24.8 Å². The van der Waals surface area contributed by atoms with E-state index in [-0.39, 0.29) is 11.5 Å². The van der Waals surface area contributed by atoms with Gasteiger partial charge >= 0.3 is 0 Å². The molecule has 0 aliphatic rings. The Hall–Kier alpha value is -2.15. The van der Waals surface area contributed by atoms with Crippen molar-refractivity contribution in [2.45, 2.75) is 45.3 Å². The first kappa shape index (κ1) is 20.2. The lowest BCUT2D eigenvalue weighted by atomic mass is 10.2. The highest BCUT2D eigenvalue weighted by molar-refractivity contribution is 7.91. The van der Waals surface area contributed by atoms with Gasteiger partial charge in [0, 0.05) is 12.0 Å². The third-order valence-corrected chi connectivity index (χ3v) is 5.50. The number of oxazole rings is 1. The molecular weight excluding hydrogens is 354 g/mol. The summed E-state index contributed by atoms with van der Waals surface area (Å²) in [5.74, 6) is 0.526. The smallest absolute Gasteiger partial charge is 0.226 e. The minimum Gasteiger partial charge on any atom is -0.497 e. The molecule has 0 aliphatic carbocycles. The van der Waals surface area contributed by atoms with Crippen molar-refractivity contribution in [3.8, 4) is 17.2 Å². The molecule has 0 spiro atoms. The minimum atomic E-state index is -3.57. The van der Waals surface area contributed by atoms with Crippen LogP contribution in [0.3, 0.4) is 0 Å². The van der Waals surface area contributed by atoms with Gasteiger partial charge in [0.15, 0.2) is 9.84 Å². The van der Waals surface area contributed by atoms with E-state index in [1.165, 1.54) is 0 Å². The van der Waals surface area contributed by atoms with E-state index >= 15 is 0 Å². The number of aryl methyl sites for hydroxylation is 1. The normalized spacial score (nSPS) is 11.5. The number of aromatic nitrogens is 1. The predicted octanol–water partition coefficient (Wildman–Crippen LogP) is 3.72. The number of ketones is 1. The van der Waals surface area contributed by atoms with E-state index in [2.05, 4.69) is 4.98 Å². The van der Waals surface area contributed by atoms with Crippen molar-refractivity contribution in [3.05, 3.63) is 35.7 Å². The lowest BCUT2D eigenvalue weighted by molar-refractivity contribution is -0.116. The lowest BCUT2D eigenvalue weighted by Crippen LogP contribution is -2.18. The number of carbonyl (C=O) groups is 1. The average Bonchev–Trinajstić information content (AvgIpc) is 2.94. The molecule has 26 heavy (non-hydrogen) atoms. The van der Waals surface area contributed by atoms with E-state index in [1.807, 2.05) is 6.92 Å². The number of methoxy groups -OCH3 is 1. The van der Waals surface area contributed by atoms with Crippen LogP contribution in [0.1, 0.15) is 44.1 Å². The summed E-state index contributed by atoms with van der Waals surface area (Å²) in [6, 6.07) is 7.14. The zero-order valence-corrected chi connectivity index (χ0v) is 16.3. The van der Waals surface area contributed by atoms with Crippen molar-refractivity contribution in [1.29, 1.82) is 0 Å². The van der Waals surface area contributed by atoms with Gasteiger partial charge in [0.05, 0.1) is 18.6 Å². The van der Waals surface area contributed by atoms with Crippen LogP contribution in [-0.2, 0) is 20.4 Å². The van der Waals surface area contributed by atoms with Gasteiger partial charge in [-0.15, -0.1) is 0 Å². The summed E-state index contributed by atoms with van der Waals surface area (Å²) >= 11 is 0. The zero-order chi connectivity index (χ0) is 19.2. The highest BCUT2D eigenvalue weighted by Crippen LogP contribution is 2.25. The number of hydrogen-bond donors (Lipinski definition) is 0. The molecule has 1 aromatic heterocycles. The van der Waals surface area contributed by atoms with Gasteiger partial charge in [0.2, 0.25) is 5.89 Å². The molecule has 0 saturated heterocycles. The van der Waals surface area contributed by atoms with Gasteiger partial charge in [-0.3, -0.25) is 4.79 Å². The predicted molar refractivity (Wildman–Crippen MR) is 99.9 cm³/mol. The number of Topliss-reactive ketones (excluding diaryl/α,β-unsaturated/α-hetero) is 1. The van der Waals surface area contributed by atoms with Crippen LogP contribution >= 0.6 is 0 Å². The maximum Gasteiger partial charge on any atom is 0.226 e. The van der Waals surface area contributed by atoms with Crippen LogP contribution < -0.4 is 4.74 Å². The molecule has 0 N–H and O–H groups in total. The summed E-state index contributed by atoms with van der Waals surface area (Å²) < 4.78 is 35.3. The van der Waals surface area contributed by atoms with Crippen molar-refractivity contribution in [3.63, 3.8) is 0 Å². The van der Waals surface area contributed by atoms with E-state index in [4.69, 9.17) is 9.15 Å². The monoisotopic (exact) mass is 379 g/mol. The van der Waals surface area contributed by atoms with Gasteiger partial charge in [0.1, 0.15) is 23.0 Å². The number of rotatable bonds is 10. The van der Waals surface area contributed by atoms with Crippen LogP contribution in [0.25, 0.3) is 11.5 Å². The van der Waals surface area contributed by atoms with Crippen LogP contribution in [0.5, 0.6) is 5.75 Å². The van der Waals surface area contributed by atoms with Crippen molar-refractivity contribution in [1.82, 2.24) is 4.98 Å². The first-order valence-corrected chi connectivity index (χ1v) is 10.5. The molecule has 1 aromatic carbocycles. The van der Waals surface area contributed by atoms with Crippen molar-refractivity contribution in [2.75, 3.05) is 12.9 Å². The average molecular weight is 379 g/mol. The Morgan fingerprint density at radius 1 is 1.19 bits per heavy atom. The maximum absolute atomic E-state index is 12.3. The van der Waals surface area contributed by atoms with Gasteiger partial charge in [-0.05, 0) is 37.6 Å². The number of nitrogens with zero attached hydrogens (tertiary/aromatic N) is 1. The number of carbonyl (C=O) groups excluding carboxylic acids is 1. The second kappa shape index (κ2) is 8.98. The van der Waals surface area contributed by atoms with Gasteiger partial charge in [0.25, 0.3) is 0 Å². The molecule has 0 radical (unpaired) electrons. The van der Waals surface area contributed by atoms with Gasteiger partial charge in [-0.1, -0.05) is 19.8 Å². The molecule has 0 fully saturated rings. The number of benzene rings is 1. The van der Waals surface area contributed by atoms with E-state index < -0.39 is 15.6 Å². The molecule has 7 heteroatoms. The van der Waals surface area contributed by atoms with E-state index in [9.17, 15) is 13.2 Å². The third kappa shape index (κ3) is 5.69. The molecule has 0 unspecified atom stereocenters. The summed E-state index contributed by atoms with van der Waals surface area (Å²) in [6.45, 7) is 3.71. The van der Waals surface area contributed by atoms with Crippen molar-refractivity contribution < 1.29 is 22.4 Å². The molecule has 142 valence electrons. The molecule has 0 amide bonds. The number of sulfone groups is 1. The second-order valence-corrected chi connectivity index (χ2v) is 8.34. The molecule has 2 aromatic rings. The molecule has 0 atom stereocenters. The summed E-state index contributed by atoms with van der Waals surface area (Å²) in [6.07, 6.45) is 2.96. The van der Waals surface area contributed by atoms with Crippen LogP contribution in [0, 0.1) is 6.92 Å². The molecule has 0 saturated carbocycles. The highest BCUT2D eigenvalue weighted by atomic mass is 32.2. The Labute approximate surface area is 154 Å². The summed E-state index contributed by atoms with van der Waals surface area (Å²) in [4.78, 5) is 16.2. The van der Waals surface area contributed by atoms with Gasteiger partial charge in [-0.25, -0.2) is 13.4 Å². The Balaban J connectivity index is 2.07. The fraction of sp³-hybridized carbons (Fsp3) is 0.474. The first-order valence-electron chi connectivity index (χ1n) is 8.67. The minimum absolute atomic E-state index is 0.241. The number of hydrogen-bond acceptors (Lipinski definition) is 6. The van der Waals surface area contributed by atoms with Crippen LogP contribution in [0.15, 0.2) is 28.7 Å².